The summed E-state index contributed by atoms with van der Waals surface area (Å²) in [5.41, 5.74) is 1.35. The van der Waals surface area contributed by atoms with Gasteiger partial charge in [-0.15, -0.1) is 12.4 Å². The third-order valence-electron chi connectivity index (χ3n) is 4.94. The molecule has 1 aromatic heterocycles. The van der Waals surface area contributed by atoms with Crippen LogP contribution >= 0.6 is 12.4 Å². The Bertz CT molecular complexity index is 838. The van der Waals surface area contributed by atoms with Gasteiger partial charge in [-0.1, -0.05) is 30.3 Å². The third-order valence-corrected chi connectivity index (χ3v) is 4.94. The van der Waals surface area contributed by atoms with E-state index in [1.54, 1.807) is 13.0 Å². The van der Waals surface area contributed by atoms with Crippen LogP contribution in [0.4, 0.5) is 0 Å². The normalized spacial score (nSPS) is 18.5. The molecule has 2 heterocycles. The predicted molar refractivity (Wildman–Crippen MR) is 110 cm³/mol. The summed E-state index contributed by atoms with van der Waals surface area (Å²) in [5, 5.41) is 15.1. The average molecular weight is 407 g/mol. The highest BCUT2D eigenvalue weighted by molar-refractivity contribution is 5.95. The van der Waals surface area contributed by atoms with Gasteiger partial charge >= 0.3 is 5.63 Å². The number of hydrogen-bond donors (Lipinski definition) is 3. The van der Waals surface area contributed by atoms with E-state index in [0.29, 0.717) is 30.7 Å². The van der Waals surface area contributed by atoms with E-state index in [-0.39, 0.29) is 36.7 Å². The number of aliphatic hydroxyl groups excluding tert-OH is 1. The molecule has 1 saturated heterocycles. The molecule has 1 amide bonds. The van der Waals surface area contributed by atoms with Gasteiger partial charge in [-0.3, -0.25) is 4.79 Å². The van der Waals surface area contributed by atoms with Crippen molar-refractivity contribution in [2.45, 2.75) is 44.7 Å². The van der Waals surface area contributed by atoms with E-state index in [1.807, 2.05) is 18.2 Å². The topological polar surface area (TPSA) is 91.6 Å². The van der Waals surface area contributed by atoms with Crippen LogP contribution in [0, 0.1) is 6.92 Å². The van der Waals surface area contributed by atoms with Gasteiger partial charge < -0.3 is 20.2 Å². The first-order valence-corrected chi connectivity index (χ1v) is 9.39. The second kappa shape index (κ2) is 10.4. The van der Waals surface area contributed by atoms with Crippen LogP contribution in [0.1, 0.15) is 40.1 Å². The second-order valence-corrected chi connectivity index (χ2v) is 7.09. The Morgan fingerprint density at radius 3 is 2.68 bits per heavy atom. The standard InChI is InChI=1S/C21H26N2O4.ClH/c1-14-10-18(9-5-8-15-6-3-2-4-7-15)27-21(26)19(14)20(25)23-16-11-17(13-24)22-12-16;/h2-4,6-7,10,16-17,22,24H,5,8-9,11-13H2,1H3,(H,23,25);1H/t16-,17+;/m1./s1. The van der Waals surface area contributed by atoms with Crippen LogP contribution in [-0.2, 0) is 12.8 Å². The SMILES string of the molecule is Cc1cc(CCCc2ccccc2)oc(=O)c1C(=O)N[C@H]1CN[C@H](CO)C1.Cl. The zero-order valence-electron chi connectivity index (χ0n) is 15.9. The maximum atomic E-state index is 12.5. The summed E-state index contributed by atoms with van der Waals surface area (Å²) in [6, 6.07) is 11.8. The summed E-state index contributed by atoms with van der Waals surface area (Å²) < 4.78 is 5.38. The van der Waals surface area contributed by atoms with E-state index < -0.39 is 11.5 Å². The number of aryl methyl sites for hydroxylation is 3. The number of carbonyl (C=O) groups excluding carboxylic acids is 1. The molecule has 2 aromatic rings. The van der Waals surface area contributed by atoms with Gasteiger partial charge in [0.25, 0.3) is 5.91 Å². The Morgan fingerprint density at radius 1 is 1.29 bits per heavy atom. The molecule has 3 N–H and O–H groups in total. The molecule has 0 unspecified atom stereocenters. The highest BCUT2D eigenvalue weighted by Gasteiger charge is 2.26. The Morgan fingerprint density at radius 2 is 2.04 bits per heavy atom. The molecule has 6 nitrogen and oxygen atoms in total. The second-order valence-electron chi connectivity index (χ2n) is 7.09. The lowest BCUT2D eigenvalue weighted by Crippen LogP contribution is -2.38. The van der Waals surface area contributed by atoms with E-state index in [2.05, 4.69) is 22.8 Å². The monoisotopic (exact) mass is 406 g/mol. The van der Waals surface area contributed by atoms with Gasteiger partial charge in [-0.2, -0.15) is 0 Å². The fraction of sp³-hybridized carbons (Fsp3) is 0.429. The Kier molecular flexibility index (Phi) is 8.23. The van der Waals surface area contributed by atoms with E-state index in [1.165, 1.54) is 5.56 Å². The Labute approximate surface area is 170 Å². The largest absolute Gasteiger partial charge is 0.427 e. The van der Waals surface area contributed by atoms with Crippen LogP contribution in [0.15, 0.2) is 45.6 Å². The summed E-state index contributed by atoms with van der Waals surface area (Å²) in [6.45, 7) is 2.38. The fourth-order valence-electron chi connectivity index (χ4n) is 3.51. The number of aliphatic hydroxyl groups is 1. The van der Waals surface area contributed by atoms with Crippen LogP contribution in [-0.4, -0.2) is 36.2 Å². The number of rotatable bonds is 7. The summed E-state index contributed by atoms with van der Waals surface area (Å²) in [5.74, 6) is 0.190. The maximum absolute atomic E-state index is 12.5. The van der Waals surface area contributed by atoms with E-state index >= 15 is 0 Å². The van der Waals surface area contributed by atoms with Crippen molar-refractivity contribution in [2.75, 3.05) is 13.2 Å². The lowest BCUT2D eigenvalue weighted by Gasteiger charge is -2.13. The lowest BCUT2D eigenvalue weighted by molar-refractivity contribution is 0.0934. The van der Waals surface area contributed by atoms with Gasteiger partial charge in [0.2, 0.25) is 0 Å². The zero-order valence-corrected chi connectivity index (χ0v) is 16.8. The number of carbonyl (C=O) groups is 1. The Balaban J connectivity index is 0.00000280. The molecule has 28 heavy (non-hydrogen) atoms. The molecule has 3 rings (SSSR count). The van der Waals surface area contributed by atoms with Crippen molar-refractivity contribution >= 4 is 18.3 Å². The quantitative estimate of drug-likeness (QED) is 0.654. The molecule has 0 saturated carbocycles. The minimum atomic E-state index is -0.591. The van der Waals surface area contributed by atoms with Gasteiger partial charge in [0.05, 0.1) is 6.61 Å². The number of benzene rings is 1. The van der Waals surface area contributed by atoms with Crippen LogP contribution in [0.3, 0.4) is 0 Å². The maximum Gasteiger partial charge on any atom is 0.349 e. The predicted octanol–water partition coefficient (Wildman–Crippen LogP) is 2.00. The first kappa shape index (κ1) is 22.1. The first-order valence-electron chi connectivity index (χ1n) is 9.39. The van der Waals surface area contributed by atoms with Crippen molar-refractivity contribution in [3.63, 3.8) is 0 Å². The highest BCUT2D eigenvalue weighted by atomic mass is 35.5. The molecule has 1 fully saturated rings. The minimum absolute atomic E-state index is 0. The molecular formula is C21H27ClN2O4. The van der Waals surface area contributed by atoms with E-state index in [0.717, 1.165) is 12.8 Å². The van der Waals surface area contributed by atoms with Crippen LogP contribution in [0.2, 0.25) is 0 Å². The molecule has 2 atom stereocenters. The van der Waals surface area contributed by atoms with Crippen molar-refractivity contribution in [1.29, 1.82) is 0 Å². The highest BCUT2D eigenvalue weighted by Crippen LogP contribution is 2.12. The molecule has 0 radical (unpaired) electrons. The van der Waals surface area contributed by atoms with Crippen molar-refractivity contribution < 1.29 is 14.3 Å². The molecule has 7 heteroatoms. The van der Waals surface area contributed by atoms with Crippen molar-refractivity contribution in [1.82, 2.24) is 10.6 Å². The summed E-state index contributed by atoms with van der Waals surface area (Å²) >= 11 is 0. The average Bonchev–Trinajstić information content (AvgIpc) is 3.09. The number of amides is 1. The summed E-state index contributed by atoms with van der Waals surface area (Å²) in [6.07, 6.45) is 3.07. The van der Waals surface area contributed by atoms with E-state index in [9.17, 15) is 9.59 Å². The minimum Gasteiger partial charge on any atom is -0.427 e. The zero-order chi connectivity index (χ0) is 19.2. The molecule has 0 bridgehead atoms. The van der Waals surface area contributed by atoms with Gasteiger partial charge in [-0.25, -0.2) is 4.79 Å². The fourth-order valence-corrected chi connectivity index (χ4v) is 3.51. The van der Waals surface area contributed by atoms with Gasteiger partial charge in [-0.05, 0) is 43.4 Å². The van der Waals surface area contributed by atoms with Gasteiger partial charge in [0.15, 0.2) is 0 Å². The lowest BCUT2D eigenvalue weighted by atomic mass is 10.1. The van der Waals surface area contributed by atoms with E-state index in [4.69, 9.17) is 9.52 Å². The molecule has 0 spiro atoms. The molecular weight excluding hydrogens is 380 g/mol. The number of nitrogens with one attached hydrogen (secondary N) is 2. The molecule has 0 aliphatic carbocycles. The van der Waals surface area contributed by atoms with Crippen LogP contribution in [0.25, 0.3) is 0 Å². The Hall–Kier alpha value is -2.15. The third kappa shape index (κ3) is 5.67. The molecule has 1 aliphatic heterocycles. The smallest absolute Gasteiger partial charge is 0.349 e. The summed E-state index contributed by atoms with van der Waals surface area (Å²) in [4.78, 5) is 24.8. The summed E-state index contributed by atoms with van der Waals surface area (Å²) in [7, 11) is 0. The number of halogens is 1. The van der Waals surface area contributed by atoms with Crippen molar-refractivity contribution in [3.05, 3.63) is 69.3 Å². The van der Waals surface area contributed by atoms with Crippen LogP contribution < -0.4 is 16.3 Å². The van der Waals surface area contributed by atoms with Crippen molar-refractivity contribution in [2.24, 2.45) is 0 Å². The van der Waals surface area contributed by atoms with Gasteiger partial charge in [0, 0.05) is 25.0 Å². The number of hydrogen-bond acceptors (Lipinski definition) is 5. The van der Waals surface area contributed by atoms with Crippen molar-refractivity contribution in [3.8, 4) is 0 Å². The van der Waals surface area contributed by atoms with Gasteiger partial charge in [0.1, 0.15) is 11.3 Å². The first-order chi connectivity index (χ1) is 13.1. The molecule has 1 aromatic carbocycles. The van der Waals surface area contributed by atoms with Crippen LogP contribution in [0.5, 0.6) is 0 Å². The molecule has 152 valence electrons. The molecule has 1 aliphatic rings.